The van der Waals surface area contributed by atoms with Crippen LogP contribution in [0.1, 0.15) is 6.92 Å². The first-order valence-electron chi connectivity index (χ1n) is 4.22. The summed E-state index contributed by atoms with van der Waals surface area (Å²) in [7, 11) is 0. The Hall–Kier alpha value is -0.880. The van der Waals surface area contributed by atoms with Crippen LogP contribution < -0.4 is 10.5 Å². The van der Waals surface area contributed by atoms with Crippen molar-refractivity contribution in [1.82, 2.24) is 9.97 Å². The second kappa shape index (κ2) is 5.77. The fourth-order valence-electron chi connectivity index (χ4n) is 0.809. The number of rotatable bonds is 5. The molecule has 2 N–H and O–H groups in total. The second-order valence-corrected chi connectivity index (χ2v) is 3.22. The molecule has 0 aliphatic heterocycles. The van der Waals surface area contributed by atoms with Crippen LogP contribution in [0.3, 0.4) is 0 Å². The van der Waals surface area contributed by atoms with Crippen molar-refractivity contribution in [2.45, 2.75) is 6.92 Å². The lowest BCUT2D eigenvalue weighted by molar-refractivity contribution is 0.108. The topological polar surface area (TPSA) is 70.3 Å². The van der Waals surface area contributed by atoms with Gasteiger partial charge in [-0.15, -0.1) is 0 Å². The highest BCUT2D eigenvalue weighted by Crippen LogP contribution is 2.25. The molecule has 0 saturated carbocycles. The molecule has 0 aliphatic carbocycles. The molecule has 0 aliphatic rings. The first-order valence-corrected chi connectivity index (χ1v) is 5.01. The molecule has 1 aromatic heterocycles. The van der Waals surface area contributed by atoms with Crippen molar-refractivity contribution in [2.75, 3.05) is 25.6 Å². The lowest BCUT2D eigenvalue weighted by Crippen LogP contribution is -2.08. The Morgan fingerprint density at radius 1 is 1.43 bits per heavy atom. The van der Waals surface area contributed by atoms with Gasteiger partial charge in [0.25, 0.3) is 0 Å². The monoisotopic (exact) mass is 261 g/mol. The summed E-state index contributed by atoms with van der Waals surface area (Å²) in [5, 5.41) is 0. The summed E-state index contributed by atoms with van der Waals surface area (Å²) in [6, 6.07) is 0. The zero-order valence-corrected chi connectivity index (χ0v) is 9.45. The predicted octanol–water partition coefficient (Wildman–Crippen LogP) is 1.24. The van der Waals surface area contributed by atoms with Crippen molar-refractivity contribution in [3.05, 3.63) is 10.8 Å². The van der Waals surface area contributed by atoms with Gasteiger partial charge in [0.15, 0.2) is 0 Å². The standard InChI is InChI=1S/C8H12BrN3O2/c1-2-13-3-4-14-8-6(9)7(10)11-5-12-8/h5H,2-4H2,1H3,(H2,10,11,12). The van der Waals surface area contributed by atoms with Gasteiger partial charge in [-0.05, 0) is 22.9 Å². The normalized spacial score (nSPS) is 10.1. The number of nitrogen functional groups attached to an aromatic ring is 1. The third-order valence-corrected chi connectivity index (χ3v) is 2.20. The van der Waals surface area contributed by atoms with Crippen LogP contribution in [0.4, 0.5) is 5.82 Å². The summed E-state index contributed by atoms with van der Waals surface area (Å²) < 4.78 is 11.0. The average molecular weight is 262 g/mol. The molecule has 1 heterocycles. The summed E-state index contributed by atoms with van der Waals surface area (Å²) in [4.78, 5) is 7.71. The Kier molecular flexibility index (Phi) is 4.61. The SMILES string of the molecule is CCOCCOc1ncnc(N)c1Br. The Labute approximate surface area is 90.8 Å². The zero-order chi connectivity index (χ0) is 10.4. The number of ether oxygens (including phenoxy) is 2. The van der Waals surface area contributed by atoms with Crippen molar-refractivity contribution in [3.8, 4) is 5.88 Å². The molecule has 0 aromatic carbocycles. The number of aromatic nitrogens is 2. The van der Waals surface area contributed by atoms with E-state index in [4.69, 9.17) is 15.2 Å². The number of nitrogens with zero attached hydrogens (tertiary/aromatic N) is 2. The van der Waals surface area contributed by atoms with Gasteiger partial charge >= 0.3 is 0 Å². The van der Waals surface area contributed by atoms with Crippen LogP contribution in [-0.2, 0) is 4.74 Å². The van der Waals surface area contributed by atoms with Crippen LogP contribution in [0.2, 0.25) is 0 Å². The van der Waals surface area contributed by atoms with Crippen molar-refractivity contribution in [2.24, 2.45) is 0 Å². The summed E-state index contributed by atoms with van der Waals surface area (Å²) in [6.45, 7) is 3.59. The first kappa shape index (κ1) is 11.2. The van der Waals surface area contributed by atoms with Crippen LogP contribution in [0.25, 0.3) is 0 Å². The highest BCUT2D eigenvalue weighted by molar-refractivity contribution is 9.10. The quantitative estimate of drug-likeness (QED) is 0.808. The van der Waals surface area contributed by atoms with E-state index in [1.807, 2.05) is 6.92 Å². The average Bonchev–Trinajstić information content (AvgIpc) is 2.19. The Balaban J connectivity index is 2.46. The van der Waals surface area contributed by atoms with Crippen LogP contribution in [0.5, 0.6) is 5.88 Å². The van der Waals surface area contributed by atoms with Gasteiger partial charge in [-0.3, -0.25) is 0 Å². The molecule has 0 saturated heterocycles. The van der Waals surface area contributed by atoms with Crippen LogP contribution in [0, 0.1) is 0 Å². The molecule has 1 aromatic rings. The fraction of sp³-hybridized carbons (Fsp3) is 0.500. The van der Waals surface area contributed by atoms with Crippen LogP contribution in [-0.4, -0.2) is 29.8 Å². The van der Waals surface area contributed by atoms with Gasteiger partial charge in [0.2, 0.25) is 5.88 Å². The van der Waals surface area contributed by atoms with Crippen LogP contribution in [0.15, 0.2) is 10.8 Å². The minimum atomic E-state index is 0.367. The van der Waals surface area contributed by atoms with Gasteiger partial charge in [-0.1, -0.05) is 0 Å². The van der Waals surface area contributed by atoms with E-state index in [9.17, 15) is 0 Å². The number of halogens is 1. The molecule has 0 radical (unpaired) electrons. The van der Waals surface area contributed by atoms with Crippen molar-refractivity contribution in [1.29, 1.82) is 0 Å². The Bertz CT molecular complexity index is 296. The van der Waals surface area contributed by atoms with E-state index in [1.165, 1.54) is 6.33 Å². The Morgan fingerprint density at radius 3 is 2.93 bits per heavy atom. The second-order valence-electron chi connectivity index (χ2n) is 2.42. The van der Waals surface area contributed by atoms with Gasteiger partial charge in [0.1, 0.15) is 23.2 Å². The van der Waals surface area contributed by atoms with E-state index < -0.39 is 0 Å². The summed E-state index contributed by atoms with van der Waals surface area (Å²) >= 11 is 3.23. The van der Waals surface area contributed by atoms with E-state index >= 15 is 0 Å². The fourth-order valence-corrected chi connectivity index (χ4v) is 1.13. The smallest absolute Gasteiger partial charge is 0.233 e. The molecule has 14 heavy (non-hydrogen) atoms. The van der Waals surface area contributed by atoms with Crippen molar-refractivity contribution in [3.63, 3.8) is 0 Å². The maximum atomic E-state index is 5.54. The van der Waals surface area contributed by atoms with Crippen molar-refractivity contribution >= 4 is 21.7 Å². The molecule has 5 nitrogen and oxygen atoms in total. The van der Waals surface area contributed by atoms with E-state index in [0.29, 0.717) is 36.0 Å². The van der Waals surface area contributed by atoms with Gasteiger partial charge in [0, 0.05) is 6.61 Å². The first-order chi connectivity index (χ1) is 6.75. The third kappa shape index (κ3) is 3.12. The molecular formula is C8H12BrN3O2. The van der Waals surface area contributed by atoms with Crippen LogP contribution >= 0.6 is 15.9 Å². The molecule has 6 heteroatoms. The maximum Gasteiger partial charge on any atom is 0.233 e. The number of anilines is 1. The Morgan fingerprint density at radius 2 is 2.21 bits per heavy atom. The molecule has 1 rings (SSSR count). The van der Waals surface area contributed by atoms with E-state index in [1.54, 1.807) is 0 Å². The summed E-state index contributed by atoms with van der Waals surface area (Å²) in [6.07, 6.45) is 1.36. The third-order valence-electron chi connectivity index (χ3n) is 1.46. The lowest BCUT2D eigenvalue weighted by atomic mass is 10.6. The van der Waals surface area contributed by atoms with E-state index in [-0.39, 0.29) is 0 Å². The highest BCUT2D eigenvalue weighted by Gasteiger charge is 2.06. The molecular weight excluding hydrogens is 250 g/mol. The molecule has 0 bridgehead atoms. The predicted molar refractivity (Wildman–Crippen MR) is 56.1 cm³/mol. The number of hydrogen-bond acceptors (Lipinski definition) is 5. The minimum Gasteiger partial charge on any atom is -0.474 e. The highest BCUT2D eigenvalue weighted by atomic mass is 79.9. The lowest BCUT2D eigenvalue weighted by Gasteiger charge is -2.07. The van der Waals surface area contributed by atoms with Gasteiger partial charge in [-0.25, -0.2) is 9.97 Å². The molecule has 0 fully saturated rings. The molecule has 0 spiro atoms. The summed E-state index contributed by atoms with van der Waals surface area (Å²) in [5.74, 6) is 0.809. The maximum absolute atomic E-state index is 5.54. The van der Waals surface area contributed by atoms with Gasteiger partial charge in [0.05, 0.1) is 6.61 Å². The zero-order valence-electron chi connectivity index (χ0n) is 7.86. The molecule has 0 atom stereocenters. The minimum absolute atomic E-state index is 0.367. The molecule has 78 valence electrons. The van der Waals surface area contributed by atoms with Gasteiger partial charge in [-0.2, -0.15) is 0 Å². The van der Waals surface area contributed by atoms with E-state index in [0.717, 1.165) is 0 Å². The van der Waals surface area contributed by atoms with Gasteiger partial charge < -0.3 is 15.2 Å². The molecule has 0 unspecified atom stereocenters. The number of hydrogen-bond donors (Lipinski definition) is 1. The van der Waals surface area contributed by atoms with E-state index in [2.05, 4.69) is 25.9 Å². The molecule has 0 amide bonds. The number of nitrogens with two attached hydrogens (primary N) is 1. The summed E-state index contributed by atoms with van der Waals surface area (Å²) in [5.41, 5.74) is 5.54. The largest absolute Gasteiger partial charge is 0.474 e. The van der Waals surface area contributed by atoms with Crippen molar-refractivity contribution < 1.29 is 9.47 Å².